The standard InChI is InChI=1S/C17H26N2O2/c1-2-12-4-3-5-14(10-12)19-17(21)16(18)11-13-6-8-15(20)9-7-13/h6-9,12,14,16,20H,2-5,10-11,18H2,1H3,(H,19,21). The van der Waals surface area contributed by atoms with Crippen molar-refractivity contribution in [2.24, 2.45) is 11.7 Å². The fraction of sp³-hybridized carbons (Fsp3) is 0.588. The molecule has 1 aliphatic rings. The van der Waals surface area contributed by atoms with E-state index in [0.717, 1.165) is 24.3 Å². The van der Waals surface area contributed by atoms with E-state index in [0.29, 0.717) is 6.42 Å². The second kappa shape index (κ2) is 7.46. The van der Waals surface area contributed by atoms with E-state index in [4.69, 9.17) is 5.73 Å². The van der Waals surface area contributed by atoms with Gasteiger partial charge < -0.3 is 16.2 Å². The van der Waals surface area contributed by atoms with E-state index in [1.54, 1.807) is 24.3 Å². The number of hydrogen-bond acceptors (Lipinski definition) is 3. The minimum Gasteiger partial charge on any atom is -0.508 e. The Kier molecular flexibility index (Phi) is 5.62. The maximum absolute atomic E-state index is 12.2. The average molecular weight is 290 g/mol. The Hall–Kier alpha value is -1.55. The first-order chi connectivity index (χ1) is 10.1. The monoisotopic (exact) mass is 290 g/mol. The Labute approximate surface area is 126 Å². The van der Waals surface area contributed by atoms with E-state index >= 15 is 0 Å². The van der Waals surface area contributed by atoms with Gasteiger partial charge in [-0.05, 0) is 42.9 Å². The van der Waals surface area contributed by atoms with Gasteiger partial charge in [0.15, 0.2) is 0 Å². The van der Waals surface area contributed by atoms with Crippen LogP contribution in [0.3, 0.4) is 0 Å². The minimum absolute atomic E-state index is 0.0650. The molecular formula is C17H26N2O2. The van der Waals surface area contributed by atoms with E-state index in [1.165, 1.54) is 19.3 Å². The summed E-state index contributed by atoms with van der Waals surface area (Å²) in [6, 6.07) is 6.59. The lowest BCUT2D eigenvalue weighted by Gasteiger charge is -2.30. The van der Waals surface area contributed by atoms with Gasteiger partial charge in [0.2, 0.25) is 5.91 Å². The number of aromatic hydroxyl groups is 1. The van der Waals surface area contributed by atoms with E-state index < -0.39 is 6.04 Å². The topological polar surface area (TPSA) is 75.4 Å². The van der Waals surface area contributed by atoms with Crippen molar-refractivity contribution in [2.45, 2.75) is 57.5 Å². The normalized spacial score (nSPS) is 23.5. The number of carbonyl (C=O) groups excluding carboxylic acids is 1. The molecule has 1 aliphatic carbocycles. The zero-order valence-electron chi connectivity index (χ0n) is 12.7. The van der Waals surface area contributed by atoms with Crippen LogP contribution in [0, 0.1) is 5.92 Å². The second-order valence-corrected chi connectivity index (χ2v) is 6.12. The number of rotatable bonds is 5. The van der Waals surface area contributed by atoms with Crippen LogP contribution < -0.4 is 11.1 Å². The number of amides is 1. The maximum Gasteiger partial charge on any atom is 0.237 e. The summed E-state index contributed by atoms with van der Waals surface area (Å²) in [6.45, 7) is 2.21. The summed E-state index contributed by atoms with van der Waals surface area (Å²) in [7, 11) is 0. The van der Waals surface area contributed by atoms with Crippen molar-refractivity contribution in [2.75, 3.05) is 0 Å². The fourth-order valence-electron chi connectivity index (χ4n) is 3.08. The van der Waals surface area contributed by atoms with Gasteiger partial charge >= 0.3 is 0 Å². The van der Waals surface area contributed by atoms with Crippen LogP contribution >= 0.6 is 0 Å². The molecule has 4 nitrogen and oxygen atoms in total. The van der Waals surface area contributed by atoms with E-state index in [2.05, 4.69) is 12.2 Å². The molecule has 0 aromatic heterocycles. The molecule has 116 valence electrons. The quantitative estimate of drug-likeness (QED) is 0.779. The highest BCUT2D eigenvalue weighted by molar-refractivity contribution is 5.82. The predicted molar refractivity (Wildman–Crippen MR) is 84.0 cm³/mol. The lowest BCUT2D eigenvalue weighted by atomic mass is 9.84. The third kappa shape index (κ3) is 4.74. The van der Waals surface area contributed by atoms with Gasteiger partial charge in [-0.3, -0.25) is 4.79 Å². The number of nitrogens with two attached hydrogens (primary N) is 1. The molecule has 4 heteroatoms. The van der Waals surface area contributed by atoms with Crippen LogP contribution in [0.15, 0.2) is 24.3 Å². The fourth-order valence-corrected chi connectivity index (χ4v) is 3.08. The molecule has 0 bridgehead atoms. The van der Waals surface area contributed by atoms with Crippen molar-refractivity contribution in [1.29, 1.82) is 0 Å². The van der Waals surface area contributed by atoms with Gasteiger partial charge in [0.25, 0.3) is 0 Å². The molecule has 21 heavy (non-hydrogen) atoms. The summed E-state index contributed by atoms with van der Waals surface area (Å²) < 4.78 is 0. The van der Waals surface area contributed by atoms with Crippen molar-refractivity contribution >= 4 is 5.91 Å². The van der Waals surface area contributed by atoms with Crippen molar-refractivity contribution in [3.05, 3.63) is 29.8 Å². The molecule has 1 fully saturated rings. The maximum atomic E-state index is 12.2. The van der Waals surface area contributed by atoms with E-state index in [9.17, 15) is 9.90 Å². The lowest BCUT2D eigenvalue weighted by molar-refractivity contribution is -0.123. The summed E-state index contributed by atoms with van der Waals surface area (Å²) in [5.41, 5.74) is 6.96. The highest BCUT2D eigenvalue weighted by atomic mass is 16.3. The molecular weight excluding hydrogens is 264 g/mol. The number of phenols is 1. The van der Waals surface area contributed by atoms with Gasteiger partial charge in [0.1, 0.15) is 5.75 Å². The highest BCUT2D eigenvalue weighted by Crippen LogP contribution is 2.26. The van der Waals surface area contributed by atoms with Crippen molar-refractivity contribution in [3.8, 4) is 5.75 Å². The number of nitrogens with one attached hydrogen (secondary N) is 1. The first kappa shape index (κ1) is 15.8. The summed E-state index contributed by atoms with van der Waals surface area (Å²) in [4.78, 5) is 12.2. The molecule has 1 aromatic carbocycles. The molecule has 0 spiro atoms. The molecule has 3 unspecified atom stereocenters. The Balaban J connectivity index is 1.83. The smallest absolute Gasteiger partial charge is 0.237 e. The van der Waals surface area contributed by atoms with Gasteiger partial charge in [-0.25, -0.2) is 0 Å². The zero-order chi connectivity index (χ0) is 15.2. The third-order valence-corrected chi connectivity index (χ3v) is 4.44. The number of hydrogen-bond donors (Lipinski definition) is 3. The Morgan fingerprint density at radius 2 is 2.10 bits per heavy atom. The molecule has 1 saturated carbocycles. The van der Waals surface area contributed by atoms with Gasteiger partial charge in [0.05, 0.1) is 6.04 Å². The minimum atomic E-state index is -0.531. The molecule has 4 N–H and O–H groups in total. The van der Waals surface area contributed by atoms with E-state index in [1.807, 2.05) is 0 Å². The number of benzene rings is 1. The molecule has 1 aromatic rings. The molecule has 0 aliphatic heterocycles. The molecule has 1 amide bonds. The second-order valence-electron chi connectivity index (χ2n) is 6.12. The molecule has 2 rings (SSSR count). The van der Waals surface area contributed by atoms with Gasteiger partial charge in [-0.2, -0.15) is 0 Å². The summed E-state index contributed by atoms with van der Waals surface area (Å²) in [5, 5.41) is 12.4. The zero-order valence-corrected chi connectivity index (χ0v) is 12.7. The largest absolute Gasteiger partial charge is 0.508 e. The van der Waals surface area contributed by atoms with Gasteiger partial charge in [0, 0.05) is 6.04 Å². The van der Waals surface area contributed by atoms with Crippen LogP contribution in [0.25, 0.3) is 0 Å². The van der Waals surface area contributed by atoms with E-state index in [-0.39, 0.29) is 17.7 Å². The summed E-state index contributed by atoms with van der Waals surface area (Å²) in [6.07, 6.45) is 6.30. The first-order valence-electron chi connectivity index (χ1n) is 7.92. The van der Waals surface area contributed by atoms with Crippen LogP contribution in [-0.2, 0) is 11.2 Å². The third-order valence-electron chi connectivity index (χ3n) is 4.44. The van der Waals surface area contributed by atoms with Gasteiger partial charge in [-0.1, -0.05) is 38.3 Å². The van der Waals surface area contributed by atoms with Crippen molar-refractivity contribution in [1.82, 2.24) is 5.32 Å². The van der Waals surface area contributed by atoms with Gasteiger partial charge in [-0.15, -0.1) is 0 Å². The summed E-state index contributed by atoms with van der Waals surface area (Å²) in [5.74, 6) is 0.895. The average Bonchev–Trinajstić information content (AvgIpc) is 2.49. The molecule has 0 radical (unpaired) electrons. The number of phenolic OH excluding ortho intramolecular Hbond substituents is 1. The van der Waals surface area contributed by atoms with Crippen LogP contribution in [0.4, 0.5) is 0 Å². The van der Waals surface area contributed by atoms with Crippen LogP contribution in [0.2, 0.25) is 0 Å². The Bertz CT molecular complexity index is 458. The number of carbonyl (C=O) groups is 1. The lowest BCUT2D eigenvalue weighted by Crippen LogP contribution is -2.47. The predicted octanol–water partition coefficient (Wildman–Crippen LogP) is 2.35. The molecule has 0 heterocycles. The van der Waals surface area contributed by atoms with Crippen molar-refractivity contribution < 1.29 is 9.90 Å². The Morgan fingerprint density at radius 3 is 2.76 bits per heavy atom. The van der Waals surface area contributed by atoms with Crippen LogP contribution in [-0.4, -0.2) is 23.1 Å². The highest BCUT2D eigenvalue weighted by Gasteiger charge is 2.24. The summed E-state index contributed by atoms with van der Waals surface area (Å²) >= 11 is 0. The van der Waals surface area contributed by atoms with Crippen molar-refractivity contribution in [3.63, 3.8) is 0 Å². The molecule has 0 saturated heterocycles. The SMILES string of the molecule is CCC1CCCC(NC(=O)C(N)Cc2ccc(O)cc2)C1. The van der Waals surface area contributed by atoms with Crippen LogP contribution in [0.5, 0.6) is 5.75 Å². The Morgan fingerprint density at radius 1 is 1.38 bits per heavy atom. The molecule has 3 atom stereocenters. The first-order valence-corrected chi connectivity index (χ1v) is 7.92. The van der Waals surface area contributed by atoms with Crippen LogP contribution in [0.1, 0.15) is 44.6 Å².